The molecule has 8 nitrogen and oxygen atoms in total. The lowest BCUT2D eigenvalue weighted by Crippen LogP contribution is -2.44. The molecule has 3 rings (SSSR count). The predicted molar refractivity (Wildman–Crippen MR) is 99.8 cm³/mol. The van der Waals surface area contributed by atoms with E-state index < -0.39 is 9.84 Å². The Bertz CT molecular complexity index is 892. The molecule has 146 valence electrons. The fourth-order valence-corrected chi connectivity index (χ4v) is 3.99. The quantitative estimate of drug-likeness (QED) is 0.834. The van der Waals surface area contributed by atoms with Gasteiger partial charge in [0, 0.05) is 25.9 Å². The summed E-state index contributed by atoms with van der Waals surface area (Å²) in [7, 11) is -3.05. The largest absolute Gasteiger partial charge is 0.339 e. The zero-order valence-electron chi connectivity index (χ0n) is 15.5. The Morgan fingerprint density at radius 3 is 2.63 bits per heavy atom. The standard InChI is InChI=1S/C18H24N4O4S/c1-13-20-17(26-21-13)16-4-3-9-22(11-16)18(23)19-10-14-5-7-15(8-6-14)12-27(2,24)25/h5-8,16H,3-4,9-12H2,1-2H3,(H,19,23). The topological polar surface area (TPSA) is 105 Å². The summed E-state index contributed by atoms with van der Waals surface area (Å²) in [6.45, 7) is 3.42. The summed E-state index contributed by atoms with van der Waals surface area (Å²) in [6.07, 6.45) is 3.02. The molecule has 2 aromatic rings. The van der Waals surface area contributed by atoms with Gasteiger partial charge in [0.2, 0.25) is 5.89 Å². The van der Waals surface area contributed by atoms with Crippen LogP contribution < -0.4 is 5.32 Å². The van der Waals surface area contributed by atoms with E-state index in [0.717, 1.165) is 24.0 Å². The molecule has 1 fully saturated rings. The van der Waals surface area contributed by atoms with Crippen LogP contribution in [0.25, 0.3) is 0 Å². The number of likely N-dealkylation sites (tertiary alicyclic amines) is 1. The smallest absolute Gasteiger partial charge is 0.317 e. The highest BCUT2D eigenvalue weighted by molar-refractivity contribution is 7.89. The van der Waals surface area contributed by atoms with Gasteiger partial charge in [0.1, 0.15) is 0 Å². The van der Waals surface area contributed by atoms with Crippen LogP contribution in [-0.2, 0) is 22.1 Å². The minimum absolute atomic E-state index is 0.0178. The number of urea groups is 1. The molecule has 0 radical (unpaired) electrons. The molecule has 1 aromatic heterocycles. The molecule has 2 heterocycles. The van der Waals surface area contributed by atoms with Crippen molar-refractivity contribution in [3.63, 3.8) is 0 Å². The third-order valence-corrected chi connectivity index (χ3v) is 5.35. The first-order valence-corrected chi connectivity index (χ1v) is 10.9. The van der Waals surface area contributed by atoms with Crippen LogP contribution in [0.4, 0.5) is 4.79 Å². The zero-order valence-corrected chi connectivity index (χ0v) is 16.3. The maximum absolute atomic E-state index is 12.5. The third-order valence-electron chi connectivity index (χ3n) is 4.50. The van der Waals surface area contributed by atoms with Gasteiger partial charge in [-0.3, -0.25) is 0 Å². The fourth-order valence-electron chi connectivity index (χ4n) is 3.19. The molecule has 0 aliphatic carbocycles. The summed E-state index contributed by atoms with van der Waals surface area (Å²) in [4.78, 5) is 18.5. The van der Waals surface area contributed by atoms with Crippen LogP contribution in [0.5, 0.6) is 0 Å². The second-order valence-corrected chi connectivity index (χ2v) is 9.15. The Kier molecular flexibility index (Phi) is 5.79. The van der Waals surface area contributed by atoms with E-state index in [2.05, 4.69) is 15.5 Å². The van der Waals surface area contributed by atoms with Crippen LogP contribution in [0, 0.1) is 6.92 Å². The Balaban J connectivity index is 1.52. The third kappa shape index (κ3) is 5.53. The van der Waals surface area contributed by atoms with E-state index in [0.29, 0.717) is 31.3 Å². The molecule has 0 bridgehead atoms. The molecule has 0 saturated carbocycles. The number of aryl methyl sites for hydroxylation is 1. The molecule has 27 heavy (non-hydrogen) atoms. The lowest BCUT2D eigenvalue weighted by molar-refractivity contribution is 0.171. The van der Waals surface area contributed by atoms with Gasteiger partial charge in [0.05, 0.1) is 11.7 Å². The van der Waals surface area contributed by atoms with Gasteiger partial charge in [0.25, 0.3) is 0 Å². The zero-order chi connectivity index (χ0) is 19.4. The second kappa shape index (κ2) is 8.08. The normalized spacial score (nSPS) is 17.7. The van der Waals surface area contributed by atoms with Crippen LogP contribution in [-0.4, -0.2) is 48.8 Å². The number of nitrogens with one attached hydrogen (secondary N) is 1. The summed E-state index contributed by atoms with van der Waals surface area (Å²) < 4.78 is 27.9. The molecule has 0 spiro atoms. The maximum atomic E-state index is 12.5. The molecule has 1 atom stereocenters. The van der Waals surface area contributed by atoms with Gasteiger partial charge >= 0.3 is 6.03 Å². The summed E-state index contributed by atoms with van der Waals surface area (Å²) in [5.41, 5.74) is 1.66. The highest BCUT2D eigenvalue weighted by Gasteiger charge is 2.28. The van der Waals surface area contributed by atoms with Crippen molar-refractivity contribution in [1.82, 2.24) is 20.4 Å². The number of aromatic nitrogens is 2. The number of carbonyl (C=O) groups is 1. The highest BCUT2D eigenvalue weighted by atomic mass is 32.2. The fraction of sp³-hybridized carbons (Fsp3) is 0.500. The van der Waals surface area contributed by atoms with Crippen molar-refractivity contribution in [2.45, 2.75) is 38.0 Å². The molecular formula is C18H24N4O4S. The van der Waals surface area contributed by atoms with E-state index in [9.17, 15) is 13.2 Å². The average Bonchev–Trinajstić information content (AvgIpc) is 3.06. The molecule has 1 unspecified atom stereocenters. The molecule has 1 aromatic carbocycles. The Morgan fingerprint density at radius 1 is 1.30 bits per heavy atom. The van der Waals surface area contributed by atoms with Gasteiger partial charge in [-0.25, -0.2) is 13.2 Å². The van der Waals surface area contributed by atoms with Crippen molar-refractivity contribution >= 4 is 15.9 Å². The minimum Gasteiger partial charge on any atom is -0.339 e. The SMILES string of the molecule is Cc1noc(C2CCCN(C(=O)NCc3ccc(CS(C)(=O)=O)cc3)C2)n1. The summed E-state index contributed by atoms with van der Waals surface area (Å²) in [5, 5.41) is 6.74. The Hall–Kier alpha value is -2.42. The lowest BCUT2D eigenvalue weighted by Gasteiger charge is -2.31. The molecule has 1 aliphatic rings. The van der Waals surface area contributed by atoms with Crippen LogP contribution in [0.3, 0.4) is 0 Å². The number of benzene rings is 1. The first-order chi connectivity index (χ1) is 12.8. The molecular weight excluding hydrogens is 368 g/mol. The number of hydrogen-bond acceptors (Lipinski definition) is 6. The number of amides is 2. The summed E-state index contributed by atoms with van der Waals surface area (Å²) >= 11 is 0. The molecule has 9 heteroatoms. The van der Waals surface area contributed by atoms with E-state index in [1.165, 1.54) is 6.26 Å². The first-order valence-electron chi connectivity index (χ1n) is 8.89. The van der Waals surface area contributed by atoms with Crippen molar-refractivity contribution in [3.8, 4) is 0 Å². The van der Waals surface area contributed by atoms with Gasteiger partial charge in [-0.1, -0.05) is 29.4 Å². The average molecular weight is 392 g/mol. The van der Waals surface area contributed by atoms with E-state index in [1.54, 1.807) is 24.0 Å². The molecule has 2 amide bonds. The van der Waals surface area contributed by atoms with E-state index in [1.807, 2.05) is 12.1 Å². The van der Waals surface area contributed by atoms with Crippen LogP contribution in [0.2, 0.25) is 0 Å². The van der Waals surface area contributed by atoms with Crippen molar-refractivity contribution in [2.24, 2.45) is 0 Å². The lowest BCUT2D eigenvalue weighted by atomic mass is 9.98. The van der Waals surface area contributed by atoms with Gasteiger partial charge in [-0.05, 0) is 30.9 Å². The first kappa shape index (κ1) is 19.3. The van der Waals surface area contributed by atoms with Gasteiger partial charge in [0.15, 0.2) is 15.7 Å². The van der Waals surface area contributed by atoms with Crippen LogP contribution in [0.15, 0.2) is 28.8 Å². The van der Waals surface area contributed by atoms with E-state index >= 15 is 0 Å². The van der Waals surface area contributed by atoms with Crippen molar-refractivity contribution in [2.75, 3.05) is 19.3 Å². The van der Waals surface area contributed by atoms with Crippen molar-refractivity contribution in [1.29, 1.82) is 0 Å². The Labute approximate surface area is 158 Å². The molecule has 1 N–H and O–H groups in total. The van der Waals surface area contributed by atoms with Gasteiger partial charge in [-0.2, -0.15) is 4.98 Å². The predicted octanol–water partition coefficient (Wildman–Crippen LogP) is 2.01. The maximum Gasteiger partial charge on any atom is 0.317 e. The Morgan fingerprint density at radius 2 is 2.00 bits per heavy atom. The van der Waals surface area contributed by atoms with Crippen LogP contribution >= 0.6 is 0 Å². The monoisotopic (exact) mass is 392 g/mol. The number of sulfone groups is 1. The summed E-state index contributed by atoms with van der Waals surface area (Å²) in [6, 6.07) is 7.09. The summed E-state index contributed by atoms with van der Waals surface area (Å²) in [5.74, 6) is 1.28. The minimum atomic E-state index is -3.05. The van der Waals surface area contributed by atoms with E-state index in [4.69, 9.17) is 4.52 Å². The number of nitrogens with zero attached hydrogens (tertiary/aromatic N) is 3. The highest BCUT2D eigenvalue weighted by Crippen LogP contribution is 2.25. The second-order valence-electron chi connectivity index (χ2n) is 7.01. The van der Waals surface area contributed by atoms with Crippen molar-refractivity contribution < 1.29 is 17.7 Å². The number of piperidine rings is 1. The molecule has 1 aliphatic heterocycles. The number of hydrogen-bond donors (Lipinski definition) is 1. The van der Waals surface area contributed by atoms with Gasteiger partial charge in [-0.15, -0.1) is 0 Å². The van der Waals surface area contributed by atoms with Gasteiger partial charge < -0.3 is 14.7 Å². The van der Waals surface area contributed by atoms with Crippen LogP contribution in [0.1, 0.15) is 41.6 Å². The number of rotatable bonds is 5. The van der Waals surface area contributed by atoms with Crippen molar-refractivity contribution in [3.05, 3.63) is 47.1 Å². The number of carbonyl (C=O) groups excluding carboxylic acids is 1. The molecule has 1 saturated heterocycles. The van der Waals surface area contributed by atoms with E-state index in [-0.39, 0.29) is 17.7 Å².